The van der Waals surface area contributed by atoms with Gasteiger partial charge in [-0.3, -0.25) is 10.1 Å². The number of benzene rings is 1. The van der Waals surface area contributed by atoms with Crippen molar-refractivity contribution in [2.75, 3.05) is 18.5 Å². The normalized spacial score (nSPS) is 10.3. The van der Waals surface area contributed by atoms with Crippen molar-refractivity contribution in [2.24, 2.45) is 0 Å². The first-order chi connectivity index (χ1) is 12.5. The molecule has 1 heterocycles. The SMILES string of the molecule is CCOC(=O)c1c(C)oc(NC(=O)Cc2ccccc2)c1C(=O)OCC. The maximum absolute atomic E-state index is 12.3. The lowest BCUT2D eigenvalue weighted by atomic mass is 10.1. The fourth-order valence-electron chi connectivity index (χ4n) is 2.43. The van der Waals surface area contributed by atoms with Crippen LogP contribution in [0.2, 0.25) is 0 Å². The third-order valence-electron chi connectivity index (χ3n) is 3.50. The summed E-state index contributed by atoms with van der Waals surface area (Å²) < 4.78 is 15.4. The van der Waals surface area contributed by atoms with Gasteiger partial charge in [-0.15, -0.1) is 0 Å². The fourth-order valence-corrected chi connectivity index (χ4v) is 2.43. The van der Waals surface area contributed by atoms with Gasteiger partial charge in [-0.05, 0) is 26.3 Å². The number of anilines is 1. The van der Waals surface area contributed by atoms with Crippen LogP contribution >= 0.6 is 0 Å². The van der Waals surface area contributed by atoms with Gasteiger partial charge in [-0.1, -0.05) is 30.3 Å². The minimum absolute atomic E-state index is 0.0414. The van der Waals surface area contributed by atoms with Crippen LogP contribution in [-0.2, 0) is 20.7 Å². The molecule has 0 radical (unpaired) electrons. The number of ether oxygens (including phenoxy) is 2. The van der Waals surface area contributed by atoms with Gasteiger partial charge in [0.2, 0.25) is 11.8 Å². The standard InChI is InChI=1S/C19H21NO6/c1-4-24-18(22)15-12(3)26-17(16(15)19(23)25-5-2)20-14(21)11-13-9-7-6-8-10-13/h6-10H,4-5,11H2,1-3H3,(H,20,21). The summed E-state index contributed by atoms with van der Waals surface area (Å²) >= 11 is 0. The van der Waals surface area contributed by atoms with E-state index >= 15 is 0 Å². The maximum atomic E-state index is 12.3. The first kappa shape index (κ1) is 19.2. The molecule has 7 heteroatoms. The quantitative estimate of drug-likeness (QED) is 0.763. The Labute approximate surface area is 151 Å². The molecule has 0 saturated carbocycles. The van der Waals surface area contributed by atoms with Gasteiger partial charge in [0.15, 0.2) is 0 Å². The Bertz CT molecular complexity index is 794. The number of hydrogen-bond acceptors (Lipinski definition) is 6. The van der Waals surface area contributed by atoms with Crippen molar-refractivity contribution in [3.63, 3.8) is 0 Å². The summed E-state index contributed by atoms with van der Waals surface area (Å²) in [5, 5.41) is 2.54. The van der Waals surface area contributed by atoms with Crippen LogP contribution in [-0.4, -0.2) is 31.1 Å². The van der Waals surface area contributed by atoms with Crippen LogP contribution in [0.25, 0.3) is 0 Å². The van der Waals surface area contributed by atoms with Gasteiger partial charge in [-0.2, -0.15) is 0 Å². The van der Waals surface area contributed by atoms with Gasteiger partial charge in [0, 0.05) is 0 Å². The number of furan rings is 1. The molecule has 1 amide bonds. The molecule has 0 fully saturated rings. The van der Waals surface area contributed by atoms with Crippen LogP contribution in [0.4, 0.5) is 5.88 Å². The van der Waals surface area contributed by atoms with Crippen molar-refractivity contribution in [1.82, 2.24) is 0 Å². The Balaban J connectivity index is 2.31. The zero-order chi connectivity index (χ0) is 19.1. The minimum atomic E-state index is -0.762. The molecule has 0 aliphatic carbocycles. The molecule has 26 heavy (non-hydrogen) atoms. The van der Waals surface area contributed by atoms with E-state index in [4.69, 9.17) is 13.9 Å². The molecule has 2 rings (SSSR count). The van der Waals surface area contributed by atoms with E-state index in [1.165, 1.54) is 6.92 Å². The first-order valence-electron chi connectivity index (χ1n) is 8.29. The Morgan fingerprint density at radius 3 is 2.12 bits per heavy atom. The molecule has 7 nitrogen and oxygen atoms in total. The van der Waals surface area contributed by atoms with E-state index in [2.05, 4.69) is 5.32 Å². The smallest absolute Gasteiger partial charge is 0.344 e. The van der Waals surface area contributed by atoms with Crippen LogP contribution in [0, 0.1) is 6.92 Å². The summed E-state index contributed by atoms with van der Waals surface area (Å²) in [6.45, 7) is 5.06. The van der Waals surface area contributed by atoms with E-state index in [1.54, 1.807) is 13.8 Å². The molecule has 1 N–H and O–H groups in total. The molecule has 0 atom stereocenters. The lowest BCUT2D eigenvalue weighted by Gasteiger charge is -2.07. The Hall–Kier alpha value is -3.09. The summed E-state index contributed by atoms with van der Waals surface area (Å²) in [6.07, 6.45) is 0.0948. The van der Waals surface area contributed by atoms with E-state index in [9.17, 15) is 14.4 Å². The molecule has 0 aliphatic heterocycles. The second-order valence-electron chi connectivity index (χ2n) is 5.39. The van der Waals surface area contributed by atoms with E-state index in [1.807, 2.05) is 30.3 Å². The number of esters is 2. The highest BCUT2D eigenvalue weighted by molar-refractivity contribution is 6.09. The largest absolute Gasteiger partial charge is 0.462 e. The zero-order valence-electron chi connectivity index (χ0n) is 15.0. The third kappa shape index (κ3) is 4.50. The number of carbonyl (C=O) groups excluding carboxylic acids is 3. The second-order valence-corrected chi connectivity index (χ2v) is 5.39. The predicted molar refractivity (Wildman–Crippen MR) is 94.1 cm³/mol. The van der Waals surface area contributed by atoms with E-state index < -0.39 is 11.9 Å². The highest BCUT2D eigenvalue weighted by Crippen LogP contribution is 2.29. The fraction of sp³-hybridized carbons (Fsp3) is 0.316. The van der Waals surface area contributed by atoms with Crippen molar-refractivity contribution in [3.8, 4) is 0 Å². The van der Waals surface area contributed by atoms with E-state index in [0.717, 1.165) is 5.56 Å². The number of amides is 1. The Kier molecular flexibility index (Phi) is 6.54. The van der Waals surface area contributed by atoms with Crippen LogP contribution in [0.15, 0.2) is 34.7 Å². The van der Waals surface area contributed by atoms with Gasteiger partial charge < -0.3 is 13.9 Å². The van der Waals surface area contributed by atoms with Crippen molar-refractivity contribution < 1.29 is 28.3 Å². The molecule has 0 saturated heterocycles. The monoisotopic (exact) mass is 359 g/mol. The highest BCUT2D eigenvalue weighted by Gasteiger charge is 2.31. The summed E-state index contributed by atoms with van der Waals surface area (Å²) in [5.74, 6) is -1.81. The molecule has 1 aromatic heterocycles. The van der Waals surface area contributed by atoms with E-state index in [-0.39, 0.29) is 48.3 Å². The number of hydrogen-bond donors (Lipinski definition) is 1. The topological polar surface area (TPSA) is 94.8 Å². The Morgan fingerprint density at radius 2 is 1.54 bits per heavy atom. The highest BCUT2D eigenvalue weighted by atomic mass is 16.5. The molecule has 1 aromatic carbocycles. The number of aryl methyl sites for hydroxylation is 1. The van der Waals surface area contributed by atoms with Crippen molar-refractivity contribution in [3.05, 3.63) is 52.8 Å². The molecule has 0 bridgehead atoms. The van der Waals surface area contributed by atoms with Crippen molar-refractivity contribution in [2.45, 2.75) is 27.2 Å². The van der Waals surface area contributed by atoms with Gasteiger partial charge in [0.1, 0.15) is 16.9 Å². The molecular formula is C19H21NO6. The number of carbonyl (C=O) groups is 3. The molecular weight excluding hydrogens is 338 g/mol. The van der Waals surface area contributed by atoms with Crippen molar-refractivity contribution >= 4 is 23.7 Å². The molecule has 0 spiro atoms. The van der Waals surface area contributed by atoms with Gasteiger partial charge in [0.05, 0.1) is 19.6 Å². The van der Waals surface area contributed by atoms with Crippen LogP contribution in [0.1, 0.15) is 45.9 Å². The average Bonchev–Trinajstić information content (AvgIpc) is 2.92. The molecule has 0 unspecified atom stereocenters. The summed E-state index contributed by atoms with van der Waals surface area (Å²) in [4.78, 5) is 36.8. The molecule has 138 valence electrons. The molecule has 2 aromatic rings. The Morgan fingerprint density at radius 1 is 0.962 bits per heavy atom. The lowest BCUT2D eigenvalue weighted by molar-refractivity contribution is -0.115. The van der Waals surface area contributed by atoms with Crippen LogP contribution in [0.5, 0.6) is 0 Å². The maximum Gasteiger partial charge on any atom is 0.344 e. The third-order valence-corrected chi connectivity index (χ3v) is 3.50. The van der Waals surface area contributed by atoms with Gasteiger partial charge in [0.25, 0.3) is 0 Å². The number of nitrogens with one attached hydrogen (secondary N) is 1. The zero-order valence-corrected chi connectivity index (χ0v) is 15.0. The van der Waals surface area contributed by atoms with E-state index in [0.29, 0.717) is 0 Å². The summed E-state index contributed by atoms with van der Waals surface area (Å²) in [7, 11) is 0. The average molecular weight is 359 g/mol. The first-order valence-corrected chi connectivity index (χ1v) is 8.29. The summed E-state index contributed by atoms with van der Waals surface area (Å²) in [6, 6.07) is 9.11. The number of rotatable bonds is 7. The van der Waals surface area contributed by atoms with Crippen LogP contribution in [0.3, 0.4) is 0 Å². The molecule has 0 aliphatic rings. The van der Waals surface area contributed by atoms with Gasteiger partial charge >= 0.3 is 11.9 Å². The summed E-state index contributed by atoms with van der Waals surface area (Å²) in [5.41, 5.74) is 0.626. The van der Waals surface area contributed by atoms with Gasteiger partial charge in [-0.25, -0.2) is 9.59 Å². The van der Waals surface area contributed by atoms with Crippen molar-refractivity contribution in [1.29, 1.82) is 0 Å². The second kappa shape index (κ2) is 8.84. The predicted octanol–water partition coefficient (Wildman–Crippen LogP) is 3.12. The minimum Gasteiger partial charge on any atom is -0.462 e. The lowest BCUT2D eigenvalue weighted by Crippen LogP contribution is -2.18. The van der Waals surface area contributed by atoms with Crippen LogP contribution < -0.4 is 5.32 Å².